The van der Waals surface area contributed by atoms with Gasteiger partial charge < -0.3 is 15.4 Å². The van der Waals surface area contributed by atoms with Crippen molar-refractivity contribution in [2.75, 3.05) is 11.9 Å². The summed E-state index contributed by atoms with van der Waals surface area (Å²) in [5.74, 6) is -1.60. The van der Waals surface area contributed by atoms with Gasteiger partial charge in [-0.05, 0) is 50.1 Å². The van der Waals surface area contributed by atoms with Gasteiger partial charge >= 0.3 is 11.8 Å². The van der Waals surface area contributed by atoms with E-state index in [0.717, 1.165) is 5.56 Å². The van der Waals surface area contributed by atoms with Crippen molar-refractivity contribution >= 4 is 41.2 Å². The minimum atomic E-state index is -0.869. The molecule has 1 atom stereocenters. The molecular weight excluding hydrogens is 420 g/mol. The number of nitrogens with one attached hydrogen (secondary N) is 3. The van der Waals surface area contributed by atoms with E-state index in [1.165, 1.54) is 6.21 Å². The fourth-order valence-electron chi connectivity index (χ4n) is 2.33. The lowest BCUT2D eigenvalue weighted by molar-refractivity contribution is -0.139. The highest BCUT2D eigenvalue weighted by molar-refractivity contribution is 6.35. The highest BCUT2D eigenvalue weighted by Crippen LogP contribution is 2.20. The maximum absolute atomic E-state index is 12.2. The van der Waals surface area contributed by atoms with E-state index in [0.29, 0.717) is 28.4 Å². The van der Waals surface area contributed by atoms with Crippen LogP contribution in [0.3, 0.4) is 0 Å². The molecule has 0 aliphatic heterocycles. The lowest BCUT2D eigenvalue weighted by Gasteiger charge is -2.10. The van der Waals surface area contributed by atoms with Crippen LogP contribution < -0.4 is 20.8 Å². The van der Waals surface area contributed by atoms with Crippen LogP contribution in [0, 0.1) is 6.92 Å². The maximum atomic E-state index is 12.2. The third-order valence-electron chi connectivity index (χ3n) is 4.30. The van der Waals surface area contributed by atoms with E-state index in [1.807, 2.05) is 19.9 Å². The fraction of sp³-hybridized carbons (Fsp3) is 0.273. The molecule has 3 amide bonds. The van der Waals surface area contributed by atoms with Gasteiger partial charge in [-0.2, -0.15) is 5.10 Å². The highest BCUT2D eigenvalue weighted by atomic mass is 35.5. The Kier molecular flexibility index (Phi) is 9.02. The average molecular weight is 445 g/mol. The summed E-state index contributed by atoms with van der Waals surface area (Å²) in [6.07, 6.45) is 2.04. The molecule has 9 heteroatoms. The van der Waals surface area contributed by atoms with Crippen LogP contribution in [0.25, 0.3) is 0 Å². The first kappa shape index (κ1) is 23.9. The van der Waals surface area contributed by atoms with Crippen molar-refractivity contribution in [1.29, 1.82) is 0 Å². The van der Waals surface area contributed by atoms with Gasteiger partial charge in [0.1, 0.15) is 5.75 Å². The summed E-state index contributed by atoms with van der Waals surface area (Å²) in [5, 5.41) is 9.60. The summed E-state index contributed by atoms with van der Waals surface area (Å²) in [6.45, 7) is 5.33. The Hall–Kier alpha value is -3.39. The molecule has 2 rings (SSSR count). The molecule has 0 spiro atoms. The largest absolute Gasteiger partial charge is 0.483 e. The zero-order valence-corrected chi connectivity index (χ0v) is 18.3. The van der Waals surface area contributed by atoms with Gasteiger partial charge in [0.15, 0.2) is 6.61 Å². The van der Waals surface area contributed by atoms with Crippen molar-refractivity contribution in [3.8, 4) is 5.75 Å². The van der Waals surface area contributed by atoms with Gasteiger partial charge in [0.2, 0.25) is 0 Å². The van der Waals surface area contributed by atoms with Crippen molar-refractivity contribution in [2.24, 2.45) is 5.10 Å². The molecule has 0 unspecified atom stereocenters. The predicted molar refractivity (Wildman–Crippen MR) is 120 cm³/mol. The van der Waals surface area contributed by atoms with E-state index >= 15 is 0 Å². The van der Waals surface area contributed by atoms with Crippen molar-refractivity contribution in [3.63, 3.8) is 0 Å². The van der Waals surface area contributed by atoms with Gasteiger partial charge in [-0.15, -0.1) is 0 Å². The molecule has 0 radical (unpaired) electrons. The topological polar surface area (TPSA) is 109 Å². The second kappa shape index (κ2) is 11.7. The number of ether oxygens (including phenoxy) is 1. The van der Waals surface area contributed by atoms with Crippen molar-refractivity contribution in [2.45, 2.75) is 33.2 Å². The Morgan fingerprint density at radius 1 is 1.16 bits per heavy atom. The van der Waals surface area contributed by atoms with Gasteiger partial charge in [-0.3, -0.25) is 14.4 Å². The van der Waals surface area contributed by atoms with Gasteiger partial charge in [0.05, 0.1) is 6.21 Å². The summed E-state index contributed by atoms with van der Waals surface area (Å²) < 4.78 is 5.57. The summed E-state index contributed by atoms with van der Waals surface area (Å²) >= 11 is 6.06. The van der Waals surface area contributed by atoms with E-state index in [1.54, 1.807) is 43.3 Å². The van der Waals surface area contributed by atoms with Crippen LogP contribution in [-0.4, -0.2) is 36.6 Å². The number of benzene rings is 2. The van der Waals surface area contributed by atoms with Gasteiger partial charge in [0.25, 0.3) is 5.91 Å². The molecule has 0 bridgehead atoms. The third-order valence-corrected chi connectivity index (χ3v) is 4.71. The van der Waals surface area contributed by atoms with Crippen molar-refractivity contribution in [1.82, 2.24) is 10.7 Å². The third kappa shape index (κ3) is 7.75. The number of anilines is 1. The standard InChI is InChI=1S/C22H25ClN4O4/c1-4-15(3)25-21(29)22(30)27-24-12-16-7-5-6-8-19(16)31-13-20(28)26-17-10-9-14(2)18(23)11-17/h5-12,15H,4,13H2,1-3H3,(H,25,29)(H,26,28)(H,27,30)/b24-12-/t15-/m1/s1. The molecular formula is C22H25ClN4O4. The molecule has 8 nitrogen and oxygen atoms in total. The first-order chi connectivity index (χ1) is 14.8. The quantitative estimate of drug-likeness (QED) is 0.330. The first-order valence-corrected chi connectivity index (χ1v) is 10.1. The SMILES string of the molecule is CC[C@@H](C)NC(=O)C(=O)N/N=C\c1ccccc1OCC(=O)Nc1ccc(C)c(Cl)c1. The first-order valence-electron chi connectivity index (χ1n) is 9.71. The molecule has 0 saturated heterocycles. The van der Waals surface area contributed by atoms with E-state index in [2.05, 4.69) is 21.2 Å². The van der Waals surface area contributed by atoms with E-state index in [4.69, 9.17) is 16.3 Å². The minimum absolute atomic E-state index is 0.113. The molecule has 0 aliphatic carbocycles. The van der Waals surface area contributed by atoms with Crippen molar-refractivity contribution in [3.05, 3.63) is 58.6 Å². The zero-order valence-electron chi connectivity index (χ0n) is 17.6. The Morgan fingerprint density at radius 2 is 1.90 bits per heavy atom. The number of carbonyl (C=O) groups excluding carboxylic acids is 3. The van der Waals surface area contributed by atoms with Crippen LogP contribution in [0.2, 0.25) is 5.02 Å². The summed E-state index contributed by atoms with van der Waals surface area (Å²) in [7, 11) is 0. The normalized spacial score (nSPS) is 11.6. The number of hydrazone groups is 1. The lowest BCUT2D eigenvalue weighted by Crippen LogP contribution is -2.41. The molecule has 0 saturated carbocycles. The van der Waals surface area contributed by atoms with Crippen LogP contribution in [0.15, 0.2) is 47.6 Å². The highest BCUT2D eigenvalue weighted by Gasteiger charge is 2.14. The molecule has 0 aliphatic rings. The van der Waals surface area contributed by atoms with Crippen molar-refractivity contribution < 1.29 is 19.1 Å². The molecule has 2 aromatic rings. The minimum Gasteiger partial charge on any atom is -0.483 e. The van der Waals surface area contributed by atoms with Gasteiger partial charge in [-0.1, -0.05) is 36.7 Å². The molecule has 164 valence electrons. The lowest BCUT2D eigenvalue weighted by atomic mass is 10.2. The molecule has 2 aromatic carbocycles. The Labute approximate surface area is 186 Å². The second-order valence-corrected chi connectivity index (χ2v) is 7.23. The molecule has 0 heterocycles. The van der Waals surface area contributed by atoms with E-state index < -0.39 is 11.8 Å². The maximum Gasteiger partial charge on any atom is 0.329 e. The number of para-hydroxylation sites is 1. The van der Waals surface area contributed by atoms with Crippen LogP contribution in [0.5, 0.6) is 5.75 Å². The smallest absolute Gasteiger partial charge is 0.329 e. The Balaban J connectivity index is 1.91. The second-order valence-electron chi connectivity index (χ2n) is 6.82. The number of hydrogen-bond donors (Lipinski definition) is 3. The number of aryl methyl sites for hydroxylation is 1. The van der Waals surface area contributed by atoms with Gasteiger partial charge in [0, 0.05) is 22.3 Å². The molecule has 31 heavy (non-hydrogen) atoms. The monoisotopic (exact) mass is 444 g/mol. The molecule has 0 aromatic heterocycles. The van der Waals surface area contributed by atoms with Crippen LogP contribution in [0.1, 0.15) is 31.4 Å². The average Bonchev–Trinajstić information content (AvgIpc) is 2.75. The number of hydrogen-bond acceptors (Lipinski definition) is 5. The van der Waals surface area contributed by atoms with Crippen LogP contribution in [0.4, 0.5) is 5.69 Å². The van der Waals surface area contributed by atoms with Crippen LogP contribution in [-0.2, 0) is 14.4 Å². The number of amides is 3. The zero-order chi connectivity index (χ0) is 22.8. The Morgan fingerprint density at radius 3 is 2.61 bits per heavy atom. The number of carbonyl (C=O) groups is 3. The number of halogens is 1. The summed E-state index contributed by atoms with van der Waals surface area (Å²) in [6, 6.07) is 12.0. The van der Waals surface area contributed by atoms with Gasteiger partial charge in [-0.25, -0.2) is 5.43 Å². The summed E-state index contributed by atoms with van der Waals surface area (Å²) in [5.41, 5.74) is 4.17. The predicted octanol–water partition coefficient (Wildman–Crippen LogP) is 3.03. The molecule has 0 fully saturated rings. The summed E-state index contributed by atoms with van der Waals surface area (Å²) in [4.78, 5) is 35.7. The van der Waals surface area contributed by atoms with Crippen LogP contribution >= 0.6 is 11.6 Å². The van der Waals surface area contributed by atoms with E-state index in [-0.39, 0.29) is 18.6 Å². The number of rotatable bonds is 8. The van der Waals surface area contributed by atoms with E-state index in [9.17, 15) is 14.4 Å². The molecule has 3 N–H and O–H groups in total. The Bertz CT molecular complexity index is 978. The number of nitrogens with zero attached hydrogens (tertiary/aromatic N) is 1. The fourth-order valence-corrected chi connectivity index (χ4v) is 2.51.